The summed E-state index contributed by atoms with van der Waals surface area (Å²) in [6.45, 7) is 6.74. The van der Waals surface area contributed by atoms with Gasteiger partial charge in [0.05, 0.1) is 0 Å². The summed E-state index contributed by atoms with van der Waals surface area (Å²) in [5.41, 5.74) is 4.20. The number of hydrogen-bond acceptors (Lipinski definition) is 3. The molecule has 3 nitrogen and oxygen atoms in total. The molecule has 1 aromatic rings. The predicted octanol–water partition coefficient (Wildman–Crippen LogP) is 2.49. The molecule has 1 heterocycles. The molecule has 2 rings (SSSR count). The van der Waals surface area contributed by atoms with Crippen molar-refractivity contribution in [1.82, 2.24) is 10.2 Å². The first-order chi connectivity index (χ1) is 9.60. The number of anilines is 1. The first kappa shape index (κ1) is 15.3. The molecule has 1 aromatic carbocycles. The van der Waals surface area contributed by atoms with Gasteiger partial charge in [0, 0.05) is 31.9 Å². The lowest BCUT2D eigenvalue weighted by atomic mass is 9.95. The van der Waals surface area contributed by atoms with Crippen molar-refractivity contribution >= 4 is 5.69 Å². The number of nitrogens with zero attached hydrogens (tertiary/aromatic N) is 2. The van der Waals surface area contributed by atoms with E-state index >= 15 is 0 Å². The van der Waals surface area contributed by atoms with E-state index in [9.17, 15) is 0 Å². The second kappa shape index (κ2) is 7.09. The van der Waals surface area contributed by atoms with Crippen LogP contribution in [0.4, 0.5) is 5.69 Å². The largest absolute Gasteiger partial charge is 0.371 e. The third-order valence-electron chi connectivity index (χ3n) is 4.18. The molecular formula is C17H29N3. The fourth-order valence-corrected chi connectivity index (χ4v) is 3.23. The predicted molar refractivity (Wildman–Crippen MR) is 87.4 cm³/mol. The second-order valence-electron chi connectivity index (χ2n) is 6.36. The highest BCUT2D eigenvalue weighted by molar-refractivity contribution is 5.55. The summed E-state index contributed by atoms with van der Waals surface area (Å²) in [4.78, 5) is 4.89. The number of nitrogens with one attached hydrogen (secondary N) is 1. The van der Waals surface area contributed by atoms with Crippen molar-refractivity contribution in [2.45, 2.75) is 26.3 Å². The van der Waals surface area contributed by atoms with Crippen molar-refractivity contribution in [3.63, 3.8) is 0 Å². The minimum atomic E-state index is 0.861. The third kappa shape index (κ3) is 3.97. The Morgan fingerprint density at radius 3 is 2.55 bits per heavy atom. The fourth-order valence-electron chi connectivity index (χ4n) is 3.23. The minimum Gasteiger partial charge on any atom is -0.371 e. The Hall–Kier alpha value is -1.06. The zero-order valence-corrected chi connectivity index (χ0v) is 13.4. The first-order valence-corrected chi connectivity index (χ1v) is 7.74. The van der Waals surface area contributed by atoms with Gasteiger partial charge >= 0.3 is 0 Å². The van der Waals surface area contributed by atoms with E-state index in [2.05, 4.69) is 54.3 Å². The van der Waals surface area contributed by atoms with Crippen LogP contribution in [0.15, 0.2) is 18.2 Å². The quantitative estimate of drug-likeness (QED) is 0.891. The van der Waals surface area contributed by atoms with Crippen LogP contribution < -0.4 is 10.2 Å². The van der Waals surface area contributed by atoms with E-state index in [1.54, 1.807) is 0 Å². The lowest BCUT2D eigenvalue weighted by molar-refractivity contribution is 0.285. The number of rotatable bonds is 5. The van der Waals surface area contributed by atoms with Crippen LogP contribution >= 0.6 is 0 Å². The third-order valence-corrected chi connectivity index (χ3v) is 4.18. The molecule has 0 aliphatic carbocycles. The zero-order valence-electron chi connectivity index (χ0n) is 13.4. The molecule has 20 heavy (non-hydrogen) atoms. The smallest absolute Gasteiger partial charge is 0.0412 e. The molecule has 1 aliphatic rings. The molecule has 1 saturated heterocycles. The lowest BCUT2D eigenvalue weighted by Crippen LogP contribution is -2.37. The van der Waals surface area contributed by atoms with E-state index in [1.165, 1.54) is 49.3 Å². The number of aryl methyl sites for hydroxylation is 1. The molecule has 0 aromatic heterocycles. The Balaban J connectivity index is 2.03. The number of piperidine rings is 1. The SMILES string of the molecule is CNCc1cc(C)ccc1N1CCC(CN(C)C)CC1. The van der Waals surface area contributed by atoms with Crippen LogP contribution in [0.2, 0.25) is 0 Å². The van der Waals surface area contributed by atoms with Crippen LogP contribution in [0.25, 0.3) is 0 Å². The van der Waals surface area contributed by atoms with Crippen molar-refractivity contribution in [3.05, 3.63) is 29.3 Å². The van der Waals surface area contributed by atoms with Crippen molar-refractivity contribution < 1.29 is 0 Å². The minimum absolute atomic E-state index is 0.861. The molecule has 0 bridgehead atoms. The molecule has 0 spiro atoms. The molecule has 0 radical (unpaired) electrons. The second-order valence-corrected chi connectivity index (χ2v) is 6.36. The van der Waals surface area contributed by atoms with E-state index in [0.717, 1.165) is 12.5 Å². The first-order valence-electron chi connectivity index (χ1n) is 7.74. The molecule has 0 atom stereocenters. The summed E-state index contributed by atoms with van der Waals surface area (Å²) < 4.78 is 0. The van der Waals surface area contributed by atoms with Gasteiger partial charge in [-0.25, -0.2) is 0 Å². The Morgan fingerprint density at radius 2 is 1.95 bits per heavy atom. The highest BCUT2D eigenvalue weighted by Crippen LogP contribution is 2.27. The molecule has 1 aliphatic heterocycles. The lowest BCUT2D eigenvalue weighted by Gasteiger charge is -2.36. The molecule has 1 N–H and O–H groups in total. The van der Waals surface area contributed by atoms with Gasteiger partial charge in [-0.3, -0.25) is 0 Å². The average molecular weight is 275 g/mol. The van der Waals surface area contributed by atoms with Gasteiger partial charge in [0.25, 0.3) is 0 Å². The maximum absolute atomic E-state index is 3.29. The van der Waals surface area contributed by atoms with Gasteiger partial charge in [-0.15, -0.1) is 0 Å². The van der Waals surface area contributed by atoms with Gasteiger partial charge in [0.15, 0.2) is 0 Å². The molecular weight excluding hydrogens is 246 g/mol. The van der Waals surface area contributed by atoms with Crippen LogP contribution in [0, 0.1) is 12.8 Å². The van der Waals surface area contributed by atoms with E-state index < -0.39 is 0 Å². The topological polar surface area (TPSA) is 18.5 Å². The number of benzene rings is 1. The highest BCUT2D eigenvalue weighted by atomic mass is 15.1. The van der Waals surface area contributed by atoms with Gasteiger partial charge in [-0.2, -0.15) is 0 Å². The normalized spacial score (nSPS) is 16.9. The summed E-state index contributed by atoms with van der Waals surface area (Å²) in [5.74, 6) is 0.861. The van der Waals surface area contributed by atoms with Crippen molar-refractivity contribution in [3.8, 4) is 0 Å². The summed E-state index contributed by atoms with van der Waals surface area (Å²) in [7, 11) is 6.38. The monoisotopic (exact) mass is 275 g/mol. The van der Waals surface area contributed by atoms with Crippen LogP contribution in [0.5, 0.6) is 0 Å². The van der Waals surface area contributed by atoms with Crippen molar-refractivity contribution in [1.29, 1.82) is 0 Å². The Bertz CT molecular complexity index is 420. The van der Waals surface area contributed by atoms with Gasteiger partial charge in [-0.05, 0) is 58.5 Å². The molecule has 112 valence electrons. The maximum atomic E-state index is 3.29. The van der Waals surface area contributed by atoms with E-state index in [4.69, 9.17) is 0 Å². The van der Waals surface area contributed by atoms with E-state index in [0.29, 0.717) is 0 Å². The Morgan fingerprint density at radius 1 is 1.25 bits per heavy atom. The number of hydrogen-bond donors (Lipinski definition) is 1. The van der Waals surface area contributed by atoms with Crippen LogP contribution in [-0.4, -0.2) is 45.7 Å². The fraction of sp³-hybridized carbons (Fsp3) is 0.647. The molecule has 3 heteroatoms. The summed E-state index contributed by atoms with van der Waals surface area (Å²) in [6, 6.07) is 6.85. The van der Waals surface area contributed by atoms with Gasteiger partial charge in [0.1, 0.15) is 0 Å². The van der Waals surface area contributed by atoms with Gasteiger partial charge in [0.2, 0.25) is 0 Å². The van der Waals surface area contributed by atoms with E-state index in [1.807, 2.05) is 7.05 Å². The molecule has 0 saturated carbocycles. The average Bonchev–Trinajstić information content (AvgIpc) is 2.40. The van der Waals surface area contributed by atoms with Crippen LogP contribution in [0.3, 0.4) is 0 Å². The van der Waals surface area contributed by atoms with E-state index in [-0.39, 0.29) is 0 Å². The van der Waals surface area contributed by atoms with Gasteiger partial charge < -0.3 is 15.1 Å². The maximum Gasteiger partial charge on any atom is 0.0412 e. The van der Waals surface area contributed by atoms with Crippen molar-refractivity contribution in [2.75, 3.05) is 45.7 Å². The molecule has 1 fully saturated rings. The summed E-state index contributed by atoms with van der Waals surface area (Å²) in [6.07, 6.45) is 2.62. The standard InChI is InChI=1S/C17H29N3/c1-14-5-6-17(16(11-14)12-18-2)20-9-7-15(8-10-20)13-19(3)4/h5-6,11,15,18H,7-10,12-13H2,1-4H3. The van der Waals surface area contributed by atoms with Crippen LogP contribution in [-0.2, 0) is 6.54 Å². The summed E-state index contributed by atoms with van der Waals surface area (Å²) >= 11 is 0. The molecule has 0 unspecified atom stereocenters. The Kier molecular flexibility index (Phi) is 5.44. The highest BCUT2D eigenvalue weighted by Gasteiger charge is 2.21. The van der Waals surface area contributed by atoms with Crippen LogP contribution in [0.1, 0.15) is 24.0 Å². The zero-order chi connectivity index (χ0) is 14.5. The molecule has 0 amide bonds. The Labute approximate surface area is 124 Å². The van der Waals surface area contributed by atoms with Crippen molar-refractivity contribution in [2.24, 2.45) is 5.92 Å². The van der Waals surface area contributed by atoms with Gasteiger partial charge in [-0.1, -0.05) is 17.7 Å². The summed E-state index contributed by atoms with van der Waals surface area (Å²) in [5, 5.41) is 3.29.